The van der Waals surface area contributed by atoms with Crippen molar-refractivity contribution < 1.29 is 9.72 Å². The van der Waals surface area contributed by atoms with Gasteiger partial charge in [0.15, 0.2) is 0 Å². The largest absolute Gasteiger partial charge is 0.336 e. The van der Waals surface area contributed by atoms with Crippen LogP contribution in [0.15, 0.2) is 61.3 Å². The molecule has 2 aromatic heterocycles. The van der Waals surface area contributed by atoms with Crippen LogP contribution in [0.25, 0.3) is 5.69 Å². The van der Waals surface area contributed by atoms with Crippen LogP contribution in [0.4, 0.5) is 5.69 Å². The molecule has 29 heavy (non-hydrogen) atoms. The third kappa shape index (κ3) is 4.14. The third-order valence-corrected chi connectivity index (χ3v) is 4.97. The molecule has 3 heterocycles. The van der Waals surface area contributed by atoms with Gasteiger partial charge in [-0.2, -0.15) is 0 Å². The Morgan fingerprint density at radius 1 is 1.10 bits per heavy atom. The van der Waals surface area contributed by atoms with E-state index in [0.29, 0.717) is 24.3 Å². The number of hydrogen-bond acceptors (Lipinski definition) is 6. The molecule has 1 fully saturated rings. The van der Waals surface area contributed by atoms with Gasteiger partial charge in [-0.15, -0.1) is 0 Å². The van der Waals surface area contributed by atoms with Crippen LogP contribution in [-0.4, -0.2) is 61.3 Å². The number of benzene rings is 1. The van der Waals surface area contributed by atoms with E-state index in [1.807, 2.05) is 18.2 Å². The van der Waals surface area contributed by atoms with E-state index in [-0.39, 0.29) is 11.6 Å². The predicted octanol–water partition coefficient (Wildman–Crippen LogP) is 2.13. The molecule has 1 saturated heterocycles. The fraction of sp³-hybridized carbons (Fsp3) is 0.250. The summed E-state index contributed by atoms with van der Waals surface area (Å²) >= 11 is 0. The number of pyridine rings is 1. The van der Waals surface area contributed by atoms with E-state index >= 15 is 0 Å². The average Bonchev–Trinajstić information content (AvgIpc) is 3.29. The molecule has 0 aliphatic carbocycles. The number of piperazine rings is 1. The van der Waals surface area contributed by atoms with Crippen molar-refractivity contribution in [2.45, 2.75) is 6.54 Å². The minimum absolute atomic E-state index is 0.123. The molecule has 9 nitrogen and oxygen atoms in total. The van der Waals surface area contributed by atoms with Crippen molar-refractivity contribution in [1.29, 1.82) is 0 Å². The van der Waals surface area contributed by atoms with E-state index in [2.05, 4.69) is 14.9 Å². The summed E-state index contributed by atoms with van der Waals surface area (Å²) in [4.78, 5) is 36.2. The Hall–Kier alpha value is -3.59. The number of rotatable bonds is 5. The molecule has 4 rings (SSSR count). The summed E-state index contributed by atoms with van der Waals surface area (Å²) in [7, 11) is 0. The Morgan fingerprint density at radius 2 is 1.93 bits per heavy atom. The highest BCUT2D eigenvalue weighted by atomic mass is 16.6. The first-order chi connectivity index (χ1) is 14.1. The smallest absolute Gasteiger partial charge is 0.294 e. The van der Waals surface area contributed by atoms with Crippen molar-refractivity contribution >= 4 is 11.6 Å². The first kappa shape index (κ1) is 18.8. The van der Waals surface area contributed by atoms with E-state index in [1.165, 1.54) is 12.4 Å². The Balaban J connectivity index is 1.45. The minimum atomic E-state index is -0.475. The van der Waals surface area contributed by atoms with Crippen molar-refractivity contribution in [2.24, 2.45) is 0 Å². The van der Waals surface area contributed by atoms with E-state index in [9.17, 15) is 14.9 Å². The second kappa shape index (κ2) is 8.19. The van der Waals surface area contributed by atoms with Crippen molar-refractivity contribution in [3.8, 4) is 5.69 Å². The lowest BCUT2D eigenvalue weighted by Gasteiger charge is -2.34. The number of amides is 1. The van der Waals surface area contributed by atoms with Crippen LogP contribution in [0.3, 0.4) is 0 Å². The van der Waals surface area contributed by atoms with Crippen LogP contribution in [-0.2, 0) is 6.54 Å². The molecule has 1 aliphatic heterocycles. The zero-order valence-electron chi connectivity index (χ0n) is 15.7. The number of nitro groups is 1. The SMILES string of the molecule is O=C(c1ccc(-n2ccnc2)c([N+](=O)[O-])c1)N1CCN(Cc2ccccn2)CC1. The summed E-state index contributed by atoms with van der Waals surface area (Å²) in [5.74, 6) is -0.192. The molecule has 0 N–H and O–H groups in total. The van der Waals surface area contributed by atoms with Gasteiger partial charge in [-0.1, -0.05) is 6.07 Å². The van der Waals surface area contributed by atoms with Crippen LogP contribution in [0.2, 0.25) is 0 Å². The molecule has 1 amide bonds. The van der Waals surface area contributed by atoms with Crippen molar-refractivity contribution in [3.05, 3.63) is 82.7 Å². The Kier molecular flexibility index (Phi) is 5.30. The zero-order valence-corrected chi connectivity index (χ0v) is 15.7. The number of hydrogen-bond donors (Lipinski definition) is 0. The van der Waals surface area contributed by atoms with Crippen molar-refractivity contribution in [1.82, 2.24) is 24.3 Å². The summed E-state index contributed by atoms with van der Waals surface area (Å²) in [6, 6.07) is 10.4. The van der Waals surface area contributed by atoms with Gasteiger partial charge < -0.3 is 9.47 Å². The number of nitrogens with zero attached hydrogens (tertiary/aromatic N) is 6. The Morgan fingerprint density at radius 3 is 2.59 bits per heavy atom. The maximum absolute atomic E-state index is 12.9. The normalized spacial score (nSPS) is 14.7. The fourth-order valence-corrected chi connectivity index (χ4v) is 3.44. The van der Waals surface area contributed by atoms with Crippen LogP contribution in [0.1, 0.15) is 16.1 Å². The number of carbonyl (C=O) groups excluding carboxylic acids is 1. The predicted molar refractivity (Wildman–Crippen MR) is 106 cm³/mol. The highest BCUT2D eigenvalue weighted by molar-refractivity contribution is 5.95. The molecule has 0 atom stereocenters. The monoisotopic (exact) mass is 392 g/mol. The molecule has 0 bridgehead atoms. The van der Waals surface area contributed by atoms with Crippen LogP contribution in [0.5, 0.6) is 0 Å². The van der Waals surface area contributed by atoms with Gasteiger partial charge >= 0.3 is 0 Å². The van der Waals surface area contributed by atoms with Gasteiger partial charge in [-0.05, 0) is 24.3 Å². The van der Waals surface area contributed by atoms with E-state index in [0.717, 1.165) is 25.3 Å². The fourth-order valence-electron chi connectivity index (χ4n) is 3.44. The van der Waals surface area contributed by atoms with Gasteiger partial charge in [0.05, 0.1) is 16.9 Å². The topological polar surface area (TPSA) is 97.4 Å². The van der Waals surface area contributed by atoms with Crippen LogP contribution >= 0.6 is 0 Å². The quantitative estimate of drug-likeness (QED) is 0.487. The van der Waals surface area contributed by atoms with Crippen molar-refractivity contribution in [2.75, 3.05) is 26.2 Å². The maximum atomic E-state index is 12.9. The highest BCUT2D eigenvalue weighted by Crippen LogP contribution is 2.25. The van der Waals surface area contributed by atoms with Crippen LogP contribution < -0.4 is 0 Å². The molecule has 0 radical (unpaired) electrons. The number of nitro benzene ring substituents is 1. The number of aromatic nitrogens is 3. The summed E-state index contributed by atoms with van der Waals surface area (Å²) in [6.45, 7) is 3.36. The zero-order chi connectivity index (χ0) is 20.2. The summed E-state index contributed by atoms with van der Waals surface area (Å²) in [6.07, 6.45) is 6.44. The molecule has 148 valence electrons. The molecule has 0 saturated carbocycles. The Labute approximate surface area is 167 Å². The first-order valence-electron chi connectivity index (χ1n) is 9.30. The minimum Gasteiger partial charge on any atom is -0.336 e. The number of imidazole rings is 1. The van der Waals surface area contributed by atoms with Gasteiger partial charge in [0.25, 0.3) is 11.6 Å². The van der Waals surface area contributed by atoms with Gasteiger partial charge in [0.2, 0.25) is 0 Å². The molecule has 0 unspecified atom stereocenters. The summed E-state index contributed by atoms with van der Waals surface area (Å²) in [5, 5.41) is 11.5. The second-order valence-corrected chi connectivity index (χ2v) is 6.82. The lowest BCUT2D eigenvalue weighted by molar-refractivity contribution is -0.384. The highest BCUT2D eigenvalue weighted by Gasteiger charge is 2.25. The second-order valence-electron chi connectivity index (χ2n) is 6.82. The van der Waals surface area contributed by atoms with E-state index < -0.39 is 4.92 Å². The molecule has 0 spiro atoms. The molecule has 1 aliphatic rings. The van der Waals surface area contributed by atoms with Gasteiger partial charge in [0.1, 0.15) is 5.69 Å². The molecule has 3 aromatic rings. The molecular formula is C20H20N6O3. The molecular weight excluding hydrogens is 372 g/mol. The molecule has 9 heteroatoms. The molecule has 1 aromatic carbocycles. The van der Waals surface area contributed by atoms with Crippen LogP contribution in [0, 0.1) is 10.1 Å². The van der Waals surface area contributed by atoms with Gasteiger partial charge in [-0.3, -0.25) is 24.8 Å². The first-order valence-corrected chi connectivity index (χ1v) is 9.30. The van der Waals surface area contributed by atoms with Gasteiger partial charge in [0, 0.05) is 62.9 Å². The van der Waals surface area contributed by atoms with E-state index in [1.54, 1.807) is 40.2 Å². The average molecular weight is 392 g/mol. The van der Waals surface area contributed by atoms with Crippen molar-refractivity contribution in [3.63, 3.8) is 0 Å². The summed E-state index contributed by atoms with van der Waals surface area (Å²) in [5.41, 5.74) is 1.57. The standard InChI is InChI=1S/C20H20N6O3/c27-20(24-11-9-23(10-12-24)14-17-3-1-2-6-22-17)16-4-5-18(19(13-16)26(28)29)25-8-7-21-15-25/h1-8,13,15H,9-12,14H2. The van der Waals surface area contributed by atoms with Gasteiger partial charge in [-0.25, -0.2) is 4.98 Å². The lowest BCUT2D eigenvalue weighted by Crippen LogP contribution is -2.48. The Bertz CT molecular complexity index is 998. The maximum Gasteiger partial charge on any atom is 0.294 e. The summed E-state index contributed by atoms with van der Waals surface area (Å²) < 4.78 is 1.56. The third-order valence-electron chi connectivity index (χ3n) is 4.97. The lowest BCUT2D eigenvalue weighted by atomic mass is 10.1. The number of carbonyl (C=O) groups is 1. The van der Waals surface area contributed by atoms with E-state index in [4.69, 9.17) is 0 Å².